The van der Waals surface area contributed by atoms with Gasteiger partial charge in [-0.2, -0.15) is 0 Å². The molecule has 1 spiro atoms. The molecule has 0 aromatic heterocycles. The number of para-hydroxylation sites is 1. The van der Waals surface area contributed by atoms with E-state index in [2.05, 4.69) is 21.3 Å². The molecule has 43 heavy (non-hydrogen) atoms. The number of carbonyl (C=O) groups excluding carboxylic acids is 3. The average molecular weight is 588 g/mol. The highest BCUT2D eigenvalue weighted by atomic mass is 16.5. The second kappa shape index (κ2) is 9.67. The number of guanidine groups is 2. The van der Waals surface area contributed by atoms with Crippen molar-refractivity contribution in [2.75, 3.05) is 24.5 Å². The van der Waals surface area contributed by atoms with Crippen molar-refractivity contribution < 1.29 is 24.6 Å². The lowest BCUT2D eigenvalue weighted by atomic mass is 9.84. The van der Waals surface area contributed by atoms with E-state index < -0.39 is 47.4 Å². The minimum Gasteiger partial charge on any atom is -0.361 e. The van der Waals surface area contributed by atoms with E-state index in [4.69, 9.17) is 10.8 Å². The van der Waals surface area contributed by atoms with Crippen molar-refractivity contribution in [3.8, 4) is 0 Å². The van der Waals surface area contributed by atoms with Crippen molar-refractivity contribution in [3.63, 3.8) is 0 Å². The Morgan fingerprint density at radius 3 is 2.58 bits per heavy atom. The Morgan fingerprint density at radius 2 is 1.79 bits per heavy atom. The number of fused-ring (bicyclic) bond motifs is 1. The fraction of sp³-hybridized carbons (Fsp3) is 0.414. The number of aliphatic hydroxyl groups is 2. The van der Waals surface area contributed by atoms with Gasteiger partial charge in [-0.25, -0.2) is 4.79 Å². The van der Waals surface area contributed by atoms with Gasteiger partial charge in [0.25, 0.3) is 11.8 Å². The van der Waals surface area contributed by atoms with Crippen molar-refractivity contribution in [1.29, 1.82) is 10.8 Å². The van der Waals surface area contributed by atoms with Crippen LogP contribution < -0.4 is 26.2 Å². The molecule has 1 aliphatic carbocycles. The van der Waals surface area contributed by atoms with Gasteiger partial charge in [-0.1, -0.05) is 30.3 Å². The Morgan fingerprint density at radius 1 is 1.02 bits per heavy atom. The van der Waals surface area contributed by atoms with E-state index in [0.717, 1.165) is 41.7 Å². The fourth-order valence-electron chi connectivity index (χ4n) is 7.29. The van der Waals surface area contributed by atoms with E-state index in [-0.39, 0.29) is 31.6 Å². The third kappa shape index (κ3) is 3.97. The average Bonchev–Trinajstić information content (AvgIpc) is 3.58. The van der Waals surface area contributed by atoms with Crippen LogP contribution in [0.25, 0.3) is 0 Å². The molecule has 4 heterocycles. The van der Waals surface area contributed by atoms with Crippen LogP contribution in [0.4, 0.5) is 10.5 Å². The van der Waals surface area contributed by atoms with Crippen LogP contribution in [-0.2, 0) is 17.6 Å². The van der Waals surface area contributed by atoms with Crippen molar-refractivity contribution in [2.24, 2.45) is 0 Å². The molecule has 4 saturated heterocycles. The zero-order valence-electron chi connectivity index (χ0n) is 23.3. The molecule has 4 amide bonds. The monoisotopic (exact) mass is 587 g/mol. The quantitative estimate of drug-likeness (QED) is 0.164. The summed E-state index contributed by atoms with van der Waals surface area (Å²) in [6, 6.07) is 10.7. The van der Waals surface area contributed by atoms with Gasteiger partial charge in [0.2, 0.25) is 5.79 Å². The van der Waals surface area contributed by atoms with Gasteiger partial charge >= 0.3 is 6.03 Å². The summed E-state index contributed by atoms with van der Waals surface area (Å²) in [7, 11) is 0. The number of amides is 4. The number of urea groups is 1. The Hall–Kier alpha value is -4.69. The number of rotatable bonds is 5. The first kappa shape index (κ1) is 27.2. The van der Waals surface area contributed by atoms with Crippen LogP contribution in [0, 0.1) is 10.8 Å². The molecular weight excluding hydrogens is 554 g/mol. The minimum absolute atomic E-state index is 0.145. The summed E-state index contributed by atoms with van der Waals surface area (Å²) in [4.78, 5) is 43.6. The number of aryl methyl sites for hydroxylation is 1. The first-order valence-corrected chi connectivity index (χ1v) is 14.4. The van der Waals surface area contributed by atoms with Crippen LogP contribution in [0.2, 0.25) is 0 Å². The molecule has 2 aromatic carbocycles. The Balaban J connectivity index is 1.16. The van der Waals surface area contributed by atoms with Gasteiger partial charge in [0.15, 0.2) is 17.6 Å². The number of nitrogens with one attached hydrogen (secondary N) is 6. The van der Waals surface area contributed by atoms with Crippen molar-refractivity contribution in [3.05, 3.63) is 65.2 Å². The van der Waals surface area contributed by atoms with Gasteiger partial charge in [0, 0.05) is 17.8 Å². The van der Waals surface area contributed by atoms with Gasteiger partial charge in [-0.3, -0.25) is 30.2 Å². The standard InChI is InChI=1S/C29H33N9O5/c30-25-34-23-20(13-37-22(39)15-36(27(37)41)17-9-2-1-3-10-17)32-26(31)38-14-21(29(42,43)28(23,38)35-25)33-24(40)19-12-6-8-16-7-4-5-11-18(16)19/h1-3,6,8-10,12,20-21,23,42-43H,4-5,7,11,13-15H2,(H2,31,32)(H,33,40)(H3,30,34,35)/t20-,21?,23-,28-/m0/s1. The maximum absolute atomic E-state index is 13.5. The molecule has 14 heteroatoms. The largest absolute Gasteiger partial charge is 0.361 e. The first-order chi connectivity index (χ1) is 20.6. The molecule has 0 saturated carbocycles. The highest BCUT2D eigenvalue weighted by molar-refractivity contribution is 6.12. The molecule has 4 aliphatic heterocycles. The number of imide groups is 1. The highest BCUT2D eigenvalue weighted by Crippen LogP contribution is 2.43. The number of anilines is 1. The molecule has 7 rings (SSSR count). The SMILES string of the molecule is N=C1N[C@H]2[C@H](CN3C(=O)CN(c4ccccc4)C3=O)NC(=N)N3CC(NC(=O)c4cccc5c4CCCC5)C(O)(O)[C@]23N1. The molecule has 8 N–H and O–H groups in total. The third-order valence-corrected chi connectivity index (χ3v) is 9.35. The van der Waals surface area contributed by atoms with Crippen molar-refractivity contribution >= 4 is 35.5 Å². The molecule has 4 atom stereocenters. The summed E-state index contributed by atoms with van der Waals surface area (Å²) in [5.74, 6) is -3.99. The molecule has 0 radical (unpaired) electrons. The predicted octanol–water partition coefficient (Wildman–Crippen LogP) is -0.772. The highest BCUT2D eigenvalue weighted by Gasteiger charge is 2.74. The summed E-state index contributed by atoms with van der Waals surface area (Å²) >= 11 is 0. The van der Waals surface area contributed by atoms with Crippen LogP contribution >= 0.6 is 0 Å². The third-order valence-electron chi connectivity index (χ3n) is 9.35. The number of carbonyl (C=O) groups is 3. The maximum atomic E-state index is 13.5. The fourth-order valence-corrected chi connectivity index (χ4v) is 7.29. The van der Waals surface area contributed by atoms with Crippen molar-refractivity contribution in [1.82, 2.24) is 31.1 Å². The van der Waals surface area contributed by atoms with Crippen LogP contribution in [0.5, 0.6) is 0 Å². The number of benzene rings is 2. The Kier molecular flexibility index (Phi) is 6.11. The predicted molar refractivity (Wildman–Crippen MR) is 154 cm³/mol. The number of nitrogens with zero attached hydrogens (tertiary/aromatic N) is 3. The lowest BCUT2D eigenvalue weighted by Crippen LogP contribution is -2.81. The molecule has 5 aliphatic rings. The lowest BCUT2D eigenvalue weighted by molar-refractivity contribution is -0.232. The Bertz CT molecular complexity index is 1550. The van der Waals surface area contributed by atoms with E-state index in [1.54, 1.807) is 36.4 Å². The summed E-state index contributed by atoms with van der Waals surface area (Å²) in [5.41, 5.74) is 1.27. The van der Waals surface area contributed by atoms with Crippen LogP contribution in [0.15, 0.2) is 48.5 Å². The molecule has 224 valence electrons. The topological polar surface area (TPSA) is 197 Å². The maximum Gasteiger partial charge on any atom is 0.331 e. The second-order valence-electron chi connectivity index (χ2n) is 11.7. The zero-order valence-corrected chi connectivity index (χ0v) is 23.3. The molecule has 1 unspecified atom stereocenters. The summed E-state index contributed by atoms with van der Waals surface area (Å²) in [5, 5.41) is 52.2. The van der Waals surface area contributed by atoms with E-state index in [1.165, 1.54) is 9.80 Å². The minimum atomic E-state index is -2.67. The smallest absolute Gasteiger partial charge is 0.331 e. The van der Waals surface area contributed by atoms with Gasteiger partial charge in [0.05, 0.1) is 18.6 Å². The molecule has 2 aromatic rings. The van der Waals surface area contributed by atoms with Gasteiger partial charge in [0.1, 0.15) is 12.6 Å². The van der Waals surface area contributed by atoms with Crippen LogP contribution in [0.3, 0.4) is 0 Å². The van der Waals surface area contributed by atoms with Gasteiger partial charge < -0.3 is 36.4 Å². The molecule has 4 fully saturated rings. The van der Waals surface area contributed by atoms with Crippen LogP contribution in [-0.4, -0.2) is 99.0 Å². The van der Waals surface area contributed by atoms with E-state index >= 15 is 0 Å². The normalized spacial score (nSPS) is 29.0. The van der Waals surface area contributed by atoms with Crippen LogP contribution in [0.1, 0.15) is 34.3 Å². The number of hydrogen-bond donors (Lipinski definition) is 8. The Labute approximate surface area is 247 Å². The summed E-state index contributed by atoms with van der Waals surface area (Å²) in [6.45, 7) is -0.499. The van der Waals surface area contributed by atoms with E-state index in [9.17, 15) is 24.6 Å². The summed E-state index contributed by atoms with van der Waals surface area (Å²) < 4.78 is 0. The first-order valence-electron chi connectivity index (χ1n) is 14.4. The van der Waals surface area contributed by atoms with Crippen molar-refractivity contribution in [2.45, 2.75) is 55.3 Å². The van der Waals surface area contributed by atoms with Gasteiger partial charge in [-0.05, 0) is 55.0 Å². The summed E-state index contributed by atoms with van der Waals surface area (Å²) in [6.07, 6.45) is 3.67. The molecule has 0 bridgehead atoms. The number of hydrogen-bond acceptors (Lipinski definition) is 7. The second-order valence-corrected chi connectivity index (χ2v) is 11.7. The van der Waals surface area contributed by atoms with Gasteiger partial charge in [-0.15, -0.1) is 0 Å². The lowest BCUT2D eigenvalue weighted by Gasteiger charge is -2.51. The molecule has 14 nitrogen and oxygen atoms in total. The zero-order chi connectivity index (χ0) is 30.1. The van der Waals surface area contributed by atoms with E-state index in [0.29, 0.717) is 11.3 Å². The molecular formula is C29H33N9O5. The van der Waals surface area contributed by atoms with E-state index in [1.807, 2.05) is 12.1 Å².